The summed E-state index contributed by atoms with van der Waals surface area (Å²) in [6.45, 7) is 8.37. The predicted octanol–water partition coefficient (Wildman–Crippen LogP) is 4.24. The molecule has 0 aliphatic rings. The van der Waals surface area contributed by atoms with Crippen molar-refractivity contribution in [1.29, 1.82) is 0 Å². The number of nitrogens with two attached hydrogens (primary N) is 1. The molecule has 3 nitrogen and oxygen atoms in total. The third-order valence-electron chi connectivity index (χ3n) is 3.30. The topological polar surface area (TPSA) is 43.8 Å². The molecule has 0 bridgehead atoms. The van der Waals surface area contributed by atoms with Gasteiger partial charge in [0.2, 0.25) is 0 Å². The Hall–Kier alpha value is -1.48. The lowest BCUT2D eigenvalue weighted by Gasteiger charge is -2.12. The minimum Gasteiger partial charge on any atom is -0.383 e. The van der Waals surface area contributed by atoms with Crippen LogP contribution in [0.15, 0.2) is 18.2 Å². The number of nitrogens with zero attached hydrogens (tertiary/aromatic N) is 2. The van der Waals surface area contributed by atoms with Gasteiger partial charge in [-0.3, -0.25) is 0 Å². The Morgan fingerprint density at radius 2 is 2.05 bits per heavy atom. The van der Waals surface area contributed by atoms with E-state index in [1.165, 1.54) is 0 Å². The van der Waals surface area contributed by atoms with Gasteiger partial charge in [-0.2, -0.15) is 0 Å². The molecule has 0 spiro atoms. The quantitative estimate of drug-likeness (QED) is 0.912. The van der Waals surface area contributed by atoms with E-state index in [0.29, 0.717) is 6.04 Å². The van der Waals surface area contributed by atoms with Crippen molar-refractivity contribution >= 4 is 17.4 Å². The van der Waals surface area contributed by atoms with Crippen LogP contribution >= 0.6 is 11.6 Å². The van der Waals surface area contributed by atoms with E-state index in [9.17, 15) is 0 Å². The van der Waals surface area contributed by atoms with Crippen molar-refractivity contribution in [1.82, 2.24) is 9.55 Å². The first-order valence-electron chi connectivity index (χ1n) is 6.58. The van der Waals surface area contributed by atoms with Gasteiger partial charge in [-0.1, -0.05) is 24.6 Å². The molecule has 0 aliphatic heterocycles. The molecule has 1 aromatic heterocycles. The van der Waals surface area contributed by atoms with Crippen molar-refractivity contribution in [3.63, 3.8) is 0 Å². The number of anilines is 1. The zero-order chi connectivity index (χ0) is 14.2. The molecule has 2 aromatic rings. The Morgan fingerprint density at radius 3 is 2.53 bits per heavy atom. The fraction of sp³-hybridized carbons (Fsp3) is 0.400. The highest BCUT2D eigenvalue weighted by molar-refractivity contribution is 6.30. The summed E-state index contributed by atoms with van der Waals surface area (Å²) >= 11 is 6.00. The third-order valence-corrected chi connectivity index (χ3v) is 3.53. The molecule has 0 saturated carbocycles. The van der Waals surface area contributed by atoms with Gasteiger partial charge in [0.1, 0.15) is 17.3 Å². The van der Waals surface area contributed by atoms with Gasteiger partial charge in [-0.15, -0.1) is 0 Å². The molecular weight excluding hydrogens is 258 g/mol. The van der Waals surface area contributed by atoms with Crippen LogP contribution in [-0.2, 0) is 6.42 Å². The molecular formula is C15H20ClN3. The van der Waals surface area contributed by atoms with Gasteiger partial charge in [0.05, 0.1) is 0 Å². The zero-order valence-electron chi connectivity index (χ0n) is 11.9. The van der Waals surface area contributed by atoms with Crippen molar-refractivity contribution in [2.75, 3.05) is 5.73 Å². The van der Waals surface area contributed by atoms with Gasteiger partial charge in [-0.05, 0) is 38.5 Å². The number of rotatable bonds is 3. The Balaban J connectivity index is 2.63. The van der Waals surface area contributed by atoms with Crippen LogP contribution in [-0.4, -0.2) is 9.55 Å². The van der Waals surface area contributed by atoms with Crippen molar-refractivity contribution in [3.8, 4) is 11.3 Å². The highest BCUT2D eigenvalue weighted by Crippen LogP contribution is 2.32. The van der Waals surface area contributed by atoms with Crippen LogP contribution in [0.3, 0.4) is 0 Å². The lowest BCUT2D eigenvalue weighted by atomic mass is 10.1. The van der Waals surface area contributed by atoms with E-state index >= 15 is 0 Å². The van der Waals surface area contributed by atoms with Gasteiger partial charge in [0.25, 0.3) is 0 Å². The van der Waals surface area contributed by atoms with Crippen LogP contribution < -0.4 is 5.73 Å². The number of nitrogen functional groups attached to an aromatic ring is 1. The second kappa shape index (κ2) is 5.25. The van der Waals surface area contributed by atoms with Gasteiger partial charge in [-0.25, -0.2) is 4.98 Å². The minimum absolute atomic E-state index is 0.309. The number of hydrogen-bond donors (Lipinski definition) is 1. The molecule has 4 heteroatoms. The van der Waals surface area contributed by atoms with Crippen molar-refractivity contribution < 1.29 is 0 Å². The van der Waals surface area contributed by atoms with E-state index in [-0.39, 0.29) is 0 Å². The number of aromatic nitrogens is 2. The molecule has 19 heavy (non-hydrogen) atoms. The second-order valence-electron chi connectivity index (χ2n) is 5.04. The standard InChI is InChI=1S/C15H20ClN3/c1-5-13-18-14(15(17)19(13)9(2)3)12-7-6-11(16)8-10(12)4/h6-9H,5,17H2,1-4H3. The van der Waals surface area contributed by atoms with Crippen LogP contribution in [0.2, 0.25) is 5.02 Å². The number of benzene rings is 1. The van der Waals surface area contributed by atoms with Crippen molar-refractivity contribution in [2.45, 2.75) is 40.2 Å². The monoisotopic (exact) mass is 277 g/mol. The Kier molecular flexibility index (Phi) is 3.85. The lowest BCUT2D eigenvalue weighted by Crippen LogP contribution is -2.08. The smallest absolute Gasteiger partial charge is 0.131 e. The number of aryl methyl sites for hydroxylation is 2. The summed E-state index contributed by atoms with van der Waals surface area (Å²) in [5.41, 5.74) is 9.29. The van der Waals surface area contributed by atoms with Crippen molar-refractivity contribution in [2.24, 2.45) is 0 Å². The number of hydrogen-bond acceptors (Lipinski definition) is 2. The molecule has 0 saturated heterocycles. The number of halogens is 1. The van der Waals surface area contributed by atoms with Crippen LogP contribution in [0, 0.1) is 6.92 Å². The van der Waals surface area contributed by atoms with E-state index < -0.39 is 0 Å². The molecule has 1 aromatic carbocycles. The maximum absolute atomic E-state index is 6.29. The molecule has 0 aliphatic carbocycles. The first-order valence-corrected chi connectivity index (χ1v) is 6.96. The fourth-order valence-corrected chi connectivity index (χ4v) is 2.64. The molecule has 0 radical (unpaired) electrons. The van der Waals surface area contributed by atoms with Crippen LogP contribution in [0.25, 0.3) is 11.3 Å². The third kappa shape index (κ3) is 2.47. The first kappa shape index (κ1) is 13.9. The van der Waals surface area contributed by atoms with Crippen LogP contribution in [0.1, 0.15) is 38.2 Å². The van der Waals surface area contributed by atoms with E-state index in [1.807, 2.05) is 25.1 Å². The van der Waals surface area contributed by atoms with E-state index in [4.69, 9.17) is 22.3 Å². The molecule has 102 valence electrons. The fourth-order valence-electron chi connectivity index (χ4n) is 2.41. The van der Waals surface area contributed by atoms with Crippen LogP contribution in [0.5, 0.6) is 0 Å². The highest BCUT2D eigenvalue weighted by atomic mass is 35.5. The SMILES string of the molecule is CCc1nc(-c2ccc(Cl)cc2C)c(N)n1C(C)C. The van der Waals surface area contributed by atoms with Gasteiger partial charge in [0.15, 0.2) is 0 Å². The first-order chi connectivity index (χ1) is 8.95. The molecule has 2 N–H and O–H groups in total. The molecule has 0 unspecified atom stereocenters. The Labute approximate surface area is 119 Å². The summed E-state index contributed by atoms with van der Waals surface area (Å²) in [4.78, 5) is 4.71. The summed E-state index contributed by atoms with van der Waals surface area (Å²) in [7, 11) is 0. The Morgan fingerprint density at radius 1 is 1.37 bits per heavy atom. The molecule has 1 heterocycles. The molecule has 0 fully saturated rings. The van der Waals surface area contributed by atoms with Gasteiger partial charge < -0.3 is 10.3 Å². The molecule has 0 atom stereocenters. The predicted molar refractivity (Wildman–Crippen MR) is 81.6 cm³/mol. The minimum atomic E-state index is 0.309. The lowest BCUT2D eigenvalue weighted by molar-refractivity contribution is 0.579. The second-order valence-corrected chi connectivity index (χ2v) is 5.47. The van der Waals surface area contributed by atoms with Crippen molar-refractivity contribution in [3.05, 3.63) is 34.6 Å². The summed E-state index contributed by atoms with van der Waals surface area (Å²) in [6.07, 6.45) is 0.870. The highest BCUT2D eigenvalue weighted by Gasteiger charge is 2.18. The van der Waals surface area contributed by atoms with Crippen LogP contribution in [0.4, 0.5) is 5.82 Å². The van der Waals surface area contributed by atoms with E-state index in [0.717, 1.165) is 39.9 Å². The molecule has 2 rings (SSSR count). The summed E-state index contributed by atoms with van der Waals surface area (Å²) in [5, 5.41) is 0.735. The normalized spacial score (nSPS) is 11.3. The summed E-state index contributed by atoms with van der Waals surface area (Å²) in [5.74, 6) is 1.76. The maximum Gasteiger partial charge on any atom is 0.131 e. The number of imidazole rings is 1. The average Bonchev–Trinajstić information content (AvgIpc) is 2.66. The van der Waals surface area contributed by atoms with E-state index in [2.05, 4.69) is 25.3 Å². The average molecular weight is 278 g/mol. The summed E-state index contributed by atoms with van der Waals surface area (Å²) < 4.78 is 2.10. The zero-order valence-corrected chi connectivity index (χ0v) is 12.6. The van der Waals surface area contributed by atoms with E-state index in [1.54, 1.807) is 0 Å². The largest absolute Gasteiger partial charge is 0.383 e. The Bertz CT molecular complexity index is 600. The van der Waals surface area contributed by atoms with Gasteiger partial charge >= 0.3 is 0 Å². The molecule has 0 amide bonds. The maximum atomic E-state index is 6.29. The van der Waals surface area contributed by atoms with Gasteiger partial charge in [0, 0.05) is 23.0 Å². The summed E-state index contributed by atoms with van der Waals surface area (Å²) in [6, 6.07) is 6.11.